The fourth-order valence-corrected chi connectivity index (χ4v) is 6.57. The van der Waals surface area contributed by atoms with E-state index < -0.39 is 6.29 Å². The highest BCUT2D eigenvalue weighted by molar-refractivity contribution is 7.99. The molecule has 1 saturated heterocycles. The largest absolute Gasteiger partial charge is 0.457 e. The molecule has 1 fully saturated rings. The average Bonchev–Trinajstić information content (AvgIpc) is 3.72. The fourth-order valence-electron chi connectivity index (χ4n) is 5.77. The number of carbonyl (C=O) groups excluding carboxylic acids is 1. The number of thioether (sulfide) groups is 1. The summed E-state index contributed by atoms with van der Waals surface area (Å²) < 4.78 is 18.9. The van der Waals surface area contributed by atoms with Gasteiger partial charge >= 0.3 is 6.03 Å². The monoisotopic (exact) mass is 699 g/mol. The average molecular weight is 700 g/mol. The standard InChI is InChI=1S/C40H37N5O5S/c46-24-27-12-14-29(15-13-27)37-22-36(25-51-40-42-26-43-45-40)49-38(50-37)32-9-5-8-31(21-32)30-7-4-6-28(20-30)23-41-39(47)44-33-16-18-35(19-17-33)48-34-10-2-1-3-11-34/h1-21,26,36-38,46H,22-25H2,(H2,41,44,47)(H,42,43,45)/t36-,37+,38+/m1/s1. The SMILES string of the molecule is O=C(NCc1cccc(-c2cccc([C@H]3O[C@@H](CSc4ncn[nH]4)C[C@@H](c4ccc(CO)cc4)O3)c2)c1)Nc1ccc(Oc2ccccc2)cc1. The van der Waals surface area contributed by atoms with Gasteiger partial charge in [-0.25, -0.2) is 9.78 Å². The number of amides is 2. The molecule has 11 heteroatoms. The number of hydrogen-bond acceptors (Lipinski definition) is 8. The van der Waals surface area contributed by atoms with E-state index in [1.54, 1.807) is 23.9 Å². The maximum atomic E-state index is 12.7. The lowest BCUT2D eigenvalue weighted by atomic mass is 9.99. The number of anilines is 1. The van der Waals surface area contributed by atoms with E-state index in [-0.39, 0.29) is 24.8 Å². The molecule has 10 nitrogen and oxygen atoms in total. The summed E-state index contributed by atoms with van der Waals surface area (Å²) in [5.74, 6) is 2.11. The minimum Gasteiger partial charge on any atom is -0.457 e. The van der Waals surface area contributed by atoms with E-state index in [1.165, 1.54) is 6.33 Å². The van der Waals surface area contributed by atoms with Crippen molar-refractivity contribution in [2.75, 3.05) is 11.1 Å². The highest BCUT2D eigenvalue weighted by Gasteiger charge is 2.32. The van der Waals surface area contributed by atoms with Crippen LogP contribution in [0.2, 0.25) is 0 Å². The van der Waals surface area contributed by atoms with Crippen LogP contribution in [0.25, 0.3) is 11.1 Å². The van der Waals surface area contributed by atoms with Gasteiger partial charge in [0.15, 0.2) is 11.4 Å². The molecule has 0 bridgehead atoms. The van der Waals surface area contributed by atoms with Crippen LogP contribution in [-0.2, 0) is 22.6 Å². The van der Waals surface area contributed by atoms with Gasteiger partial charge in [-0.3, -0.25) is 5.10 Å². The second-order valence-corrected chi connectivity index (χ2v) is 13.0. The predicted octanol–water partition coefficient (Wildman–Crippen LogP) is 8.42. The molecule has 0 saturated carbocycles. The van der Waals surface area contributed by atoms with E-state index >= 15 is 0 Å². The molecule has 1 aliphatic rings. The Bertz CT molecular complexity index is 2010. The van der Waals surface area contributed by atoms with Gasteiger partial charge < -0.3 is 30.0 Å². The lowest BCUT2D eigenvalue weighted by molar-refractivity contribution is -0.245. The lowest BCUT2D eigenvalue weighted by Gasteiger charge is -2.36. The molecule has 2 amide bonds. The normalized spacial score (nSPS) is 17.1. The van der Waals surface area contributed by atoms with Gasteiger partial charge in [0.2, 0.25) is 0 Å². The number of aliphatic hydroxyl groups is 1. The van der Waals surface area contributed by atoms with E-state index in [0.29, 0.717) is 30.2 Å². The van der Waals surface area contributed by atoms with Crippen molar-refractivity contribution in [2.24, 2.45) is 0 Å². The number of benzene rings is 5. The highest BCUT2D eigenvalue weighted by Crippen LogP contribution is 2.40. The molecule has 7 rings (SSSR count). The fraction of sp³-hybridized carbons (Fsp3) is 0.175. The number of nitrogens with zero attached hydrogens (tertiary/aromatic N) is 2. The zero-order valence-electron chi connectivity index (χ0n) is 27.6. The second kappa shape index (κ2) is 16.5. The van der Waals surface area contributed by atoms with Gasteiger partial charge in [-0.1, -0.05) is 90.6 Å². The third-order valence-electron chi connectivity index (χ3n) is 8.38. The van der Waals surface area contributed by atoms with Crippen molar-refractivity contribution in [1.29, 1.82) is 0 Å². The van der Waals surface area contributed by atoms with Crippen molar-refractivity contribution in [1.82, 2.24) is 20.5 Å². The number of carbonyl (C=O) groups is 1. The summed E-state index contributed by atoms with van der Waals surface area (Å²) in [5.41, 5.74) is 6.42. The maximum Gasteiger partial charge on any atom is 0.319 e. The number of nitrogens with one attached hydrogen (secondary N) is 3. The molecule has 0 spiro atoms. The summed E-state index contributed by atoms with van der Waals surface area (Å²) in [5, 5.41) is 22.9. The molecule has 0 unspecified atom stereocenters. The molecule has 0 aliphatic carbocycles. The van der Waals surface area contributed by atoms with E-state index in [1.807, 2.05) is 97.1 Å². The van der Waals surface area contributed by atoms with Crippen LogP contribution in [0.3, 0.4) is 0 Å². The van der Waals surface area contributed by atoms with E-state index in [4.69, 9.17) is 14.2 Å². The third kappa shape index (κ3) is 9.21. The predicted molar refractivity (Wildman–Crippen MR) is 196 cm³/mol. The molecule has 1 aliphatic heterocycles. The number of ether oxygens (including phenoxy) is 3. The Hall–Kier alpha value is -5.46. The molecule has 2 heterocycles. The van der Waals surface area contributed by atoms with Crippen molar-refractivity contribution in [3.63, 3.8) is 0 Å². The van der Waals surface area contributed by atoms with Gasteiger partial charge in [0.1, 0.15) is 17.8 Å². The van der Waals surface area contributed by atoms with Crippen LogP contribution in [-0.4, -0.2) is 38.2 Å². The van der Waals surface area contributed by atoms with Crippen LogP contribution in [0, 0.1) is 0 Å². The molecule has 51 heavy (non-hydrogen) atoms. The summed E-state index contributed by atoms with van der Waals surface area (Å²) in [6, 6.07) is 40.6. The number of hydrogen-bond donors (Lipinski definition) is 4. The summed E-state index contributed by atoms with van der Waals surface area (Å²) in [7, 11) is 0. The molecule has 6 aromatic rings. The molecule has 4 N–H and O–H groups in total. The van der Waals surface area contributed by atoms with Crippen LogP contribution in [0.1, 0.15) is 41.1 Å². The quantitative estimate of drug-likeness (QED) is 0.0937. The van der Waals surface area contributed by atoms with Gasteiger partial charge in [0.25, 0.3) is 0 Å². The first kappa shape index (κ1) is 34.0. The number of para-hydroxylation sites is 1. The molecular formula is C40H37N5O5S. The Morgan fingerprint density at radius 1 is 0.824 bits per heavy atom. The van der Waals surface area contributed by atoms with Gasteiger partial charge in [-0.15, -0.1) is 0 Å². The van der Waals surface area contributed by atoms with Crippen molar-refractivity contribution < 1.29 is 24.1 Å². The maximum absolute atomic E-state index is 12.7. The molecule has 3 atom stereocenters. The second-order valence-electron chi connectivity index (χ2n) is 12.0. The molecule has 258 valence electrons. The van der Waals surface area contributed by atoms with Crippen molar-refractivity contribution in [3.05, 3.63) is 156 Å². The van der Waals surface area contributed by atoms with Crippen LogP contribution in [0.4, 0.5) is 10.5 Å². The van der Waals surface area contributed by atoms with Crippen LogP contribution < -0.4 is 15.4 Å². The number of rotatable bonds is 12. The van der Waals surface area contributed by atoms with Gasteiger partial charge in [-0.2, -0.15) is 5.10 Å². The highest BCUT2D eigenvalue weighted by atomic mass is 32.2. The van der Waals surface area contributed by atoms with Crippen molar-refractivity contribution in [2.45, 2.75) is 43.2 Å². The van der Waals surface area contributed by atoms with Crippen molar-refractivity contribution >= 4 is 23.5 Å². The Morgan fingerprint density at radius 2 is 1.59 bits per heavy atom. The first-order chi connectivity index (χ1) is 25.1. The third-order valence-corrected chi connectivity index (χ3v) is 9.39. The van der Waals surface area contributed by atoms with Gasteiger partial charge in [0.05, 0.1) is 18.8 Å². The molecule has 5 aromatic carbocycles. The smallest absolute Gasteiger partial charge is 0.319 e. The molecule has 1 aromatic heterocycles. The van der Waals surface area contributed by atoms with E-state index in [9.17, 15) is 9.90 Å². The van der Waals surface area contributed by atoms with Crippen LogP contribution in [0.5, 0.6) is 11.5 Å². The lowest BCUT2D eigenvalue weighted by Crippen LogP contribution is -2.31. The van der Waals surface area contributed by atoms with Crippen LogP contribution >= 0.6 is 11.8 Å². The summed E-state index contributed by atoms with van der Waals surface area (Å²) in [6.07, 6.45) is 1.28. The minimum absolute atomic E-state index is 0.00821. The topological polar surface area (TPSA) is 131 Å². The van der Waals surface area contributed by atoms with E-state index in [0.717, 1.165) is 44.3 Å². The number of aromatic nitrogens is 3. The van der Waals surface area contributed by atoms with Gasteiger partial charge in [-0.05, 0) is 76.3 Å². The summed E-state index contributed by atoms with van der Waals surface area (Å²) in [4.78, 5) is 17.0. The number of aliphatic hydroxyl groups excluding tert-OH is 1. The summed E-state index contributed by atoms with van der Waals surface area (Å²) in [6.45, 7) is 0.344. The van der Waals surface area contributed by atoms with Crippen molar-refractivity contribution in [3.8, 4) is 22.6 Å². The Labute approximate surface area is 300 Å². The Morgan fingerprint density at radius 3 is 2.35 bits per heavy atom. The number of urea groups is 1. The van der Waals surface area contributed by atoms with Gasteiger partial charge in [0, 0.05) is 30.0 Å². The first-order valence-electron chi connectivity index (χ1n) is 16.6. The van der Waals surface area contributed by atoms with E-state index in [2.05, 4.69) is 44.0 Å². The summed E-state index contributed by atoms with van der Waals surface area (Å²) >= 11 is 1.56. The zero-order chi connectivity index (χ0) is 34.8. The first-order valence-corrected chi connectivity index (χ1v) is 17.6. The molecular weight excluding hydrogens is 663 g/mol. The zero-order valence-corrected chi connectivity index (χ0v) is 28.5. The Balaban J connectivity index is 0.996. The number of aromatic amines is 1. The number of H-pyrrole nitrogens is 1. The molecule has 0 radical (unpaired) electrons. The minimum atomic E-state index is -0.589. The Kier molecular flexibility index (Phi) is 11.0. The van der Waals surface area contributed by atoms with Crippen LogP contribution in [0.15, 0.2) is 139 Å².